The highest BCUT2D eigenvalue weighted by atomic mass is 16.5. The van der Waals surface area contributed by atoms with Crippen molar-refractivity contribution in [1.82, 2.24) is 10.6 Å². The Morgan fingerprint density at radius 3 is 1.97 bits per heavy atom. The fourth-order valence-corrected chi connectivity index (χ4v) is 3.93. The minimum Gasteiger partial charge on any atom is -0.467 e. The number of nitrogens with one attached hydrogen (secondary N) is 2. The van der Waals surface area contributed by atoms with Gasteiger partial charge in [-0.15, -0.1) is 6.42 Å². The van der Waals surface area contributed by atoms with E-state index in [2.05, 4.69) is 16.6 Å². The first-order valence-electron chi connectivity index (χ1n) is 12.8. The van der Waals surface area contributed by atoms with Crippen LogP contribution in [0.15, 0.2) is 60.7 Å². The monoisotopic (exact) mass is 506 g/mol. The quantitative estimate of drug-likeness (QED) is 0.194. The van der Waals surface area contributed by atoms with Gasteiger partial charge in [-0.3, -0.25) is 9.59 Å². The summed E-state index contributed by atoms with van der Waals surface area (Å²) in [7, 11) is 1.29. The van der Waals surface area contributed by atoms with Crippen LogP contribution in [0.2, 0.25) is 0 Å². The third kappa shape index (κ3) is 12.2. The number of hydrogen-bond donors (Lipinski definition) is 2. The summed E-state index contributed by atoms with van der Waals surface area (Å²) in [6, 6.07) is 17.2. The smallest absolute Gasteiger partial charge is 0.328 e. The second-order valence-corrected chi connectivity index (χ2v) is 8.86. The van der Waals surface area contributed by atoms with Crippen molar-refractivity contribution in [2.24, 2.45) is 0 Å². The second kappa shape index (κ2) is 17.7. The summed E-state index contributed by atoms with van der Waals surface area (Å²) in [5, 5.41) is 5.67. The standard InChI is InChI=1S/C30H38N2O5/c1-3-20-37-21-14-6-4-5-13-19-28(33)31-26(22-24-15-9-7-10-16-24)29(34)32-27(30(35)36-2)23-25-17-11-8-12-18-25/h1,7-12,15-18,26-27H,4-6,13-14,19-23H2,2H3,(H,31,33)(H,32,34)/t26?,27-/m0/s1. The lowest BCUT2D eigenvalue weighted by molar-refractivity contribution is -0.145. The number of unbranched alkanes of at least 4 members (excludes halogenated alkanes) is 4. The van der Waals surface area contributed by atoms with Gasteiger partial charge in [-0.2, -0.15) is 0 Å². The molecule has 2 aromatic carbocycles. The number of carbonyl (C=O) groups is 3. The first-order chi connectivity index (χ1) is 18.0. The van der Waals surface area contributed by atoms with Crippen molar-refractivity contribution in [2.75, 3.05) is 20.3 Å². The van der Waals surface area contributed by atoms with E-state index in [0.717, 1.165) is 43.2 Å². The Labute approximate surface area is 220 Å². The minimum absolute atomic E-state index is 0.189. The molecule has 2 aromatic rings. The molecular formula is C30H38N2O5. The molecule has 0 bridgehead atoms. The summed E-state index contributed by atoms with van der Waals surface area (Å²) >= 11 is 0. The van der Waals surface area contributed by atoms with E-state index >= 15 is 0 Å². The van der Waals surface area contributed by atoms with E-state index in [1.165, 1.54) is 7.11 Å². The third-order valence-electron chi connectivity index (χ3n) is 5.90. The van der Waals surface area contributed by atoms with Crippen LogP contribution in [0.25, 0.3) is 0 Å². The Morgan fingerprint density at radius 2 is 1.38 bits per heavy atom. The van der Waals surface area contributed by atoms with Crippen molar-refractivity contribution in [1.29, 1.82) is 0 Å². The van der Waals surface area contributed by atoms with E-state index in [1.54, 1.807) is 0 Å². The molecule has 2 N–H and O–H groups in total. The molecule has 0 radical (unpaired) electrons. The van der Waals surface area contributed by atoms with Crippen molar-refractivity contribution in [2.45, 2.75) is 63.5 Å². The molecule has 0 aliphatic heterocycles. The molecule has 2 rings (SSSR count). The number of terminal acetylenes is 1. The topological polar surface area (TPSA) is 93.7 Å². The Kier molecular flexibility index (Phi) is 14.2. The van der Waals surface area contributed by atoms with E-state index in [4.69, 9.17) is 15.9 Å². The molecule has 0 aliphatic rings. The zero-order valence-electron chi connectivity index (χ0n) is 21.6. The lowest BCUT2D eigenvalue weighted by Crippen LogP contribution is -2.53. The van der Waals surface area contributed by atoms with Gasteiger partial charge in [0, 0.05) is 25.9 Å². The van der Waals surface area contributed by atoms with Crippen LogP contribution in [0.3, 0.4) is 0 Å². The zero-order valence-corrected chi connectivity index (χ0v) is 21.6. The molecule has 0 saturated carbocycles. The summed E-state index contributed by atoms with van der Waals surface area (Å²) in [6.45, 7) is 0.988. The highest BCUT2D eigenvalue weighted by Gasteiger charge is 2.27. The number of esters is 1. The van der Waals surface area contributed by atoms with Gasteiger partial charge in [0.1, 0.15) is 18.7 Å². The SMILES string of the molecule is C#CCOCCCCCCCC(=O)NC(Cc1ccccc1)C(=O)N[C@@H](Cc1ccccc1)C(=O)OC. The first kappa shape index (κ1) is 29.6. The van der Waals surface area contributed by atoms with Crippen LogP contribution in [-0.2, 0) is 36.7 Å². The molecule has 0 fully saturated rings. The van der Waals surface area contributed by atoms with Crippen LogP contribution in [0.1, 0.15) is 49.7 Å². The Hall–Kier alpha value is -3.63. The predicted octanol–water partition coefficient (Wildman–Crippen LogP) is 3.60. The summed E-state index contributed by atoms with van der Waals surface area (Å²) in [4.78, 5) is 38.4. The van der Waals surface area contributed by atoms with E-state index in [1.807, 2.05) is 60.7 Å². The molecule has 2 amide bonds. The number of carbonyl (C=O) groups excluding carboxylic acids is 3. The molecule has 0 heterocycles. The fourth-order valence-electron chi connectivity index (χ4n) is 3.93. The number of benzene rings is 2. The lowest BCUT2D eigenvalue weighted by atomic mass is 10.0. The highest BCUT2D eigenvalue weighted by Crippen LogP contribution is 2.09. The molecule has 37 heavy (non-hydrogen) atoms. The third-order valence-corrected chi connectivity index (χ3v) is 5.90. The average molecular weight is 507 g/mol. The first-order valence-corrected chi connectivity index (χ1v) is 12.8. The molecular weight excluding hydrogens is 468 g/mol. The van der Waals surface area contributed by atoms with E-state index < -0.39 is 24.0 Å². The summed E-state index contributed by atoms with van der Waals surface area (Å²) in [5.41, 5.74) is 1.80. The van der Waals surface area contributed by atoms with Gasteiger partial charge in [-0.1, -0.05) is 85.8 Å². The van der Waals surface area contributed by atoms with E-state index in [0.29, 0.717) is 32.5 Å². The van der Waals surface area contributed by atoms with Crippen molar-refractivity contribution in [3.63, 3.8) is 0 Å². The Morgan fingerprint density at radius 1 is 0.811 bits per heavy atom. The molecule has 198 valence electrons. The summed E-state index contributed by atoms with van der Waals surface area (Å²) < 4.78 is 10.2. The fraction of sp³-hybridized carbons (Fsp3) is 0.433. The molecule has 2 atom stereocenters. The molecule has 0 aromatic heterocycles. The van der Waals surface area contributed by atoms with Crippen molar-refractivity contribution < 1.29 is 23.9 Å². The largest absolute Gasteiger partial charge is 0.467 e. The number of hydrogen-bond acceptors (Lipinski definition) is 5. The van der Waals surface area contributed by atoms with Crippen LogP contribution < -0.4 is 10.6 Å². The Balaban J connectivity index is 1.93. The normalized spacial score (nSPS) is 12.1. The van der Waals surface area contributed by atoms with Crippen LogP contribution >= 0.6 is 0 Å². The maximum absolute atomic E-state index is 13.3. The molecule has 7 heteroatoms. The Bertz CT molecular complexity index is 988. The minimum atomic E-state index is -0.861. The molecule has 0 spiro atoms. The average Bonchev–Trinajstić information content (AvgIpc) is 2.92. The second-order valence-electron chi connectivity index (χ2n) is 8.86. The molecule has 1 unspecified atom stereocenters. The van der Waals surface area contributed by atoms with Crippen LogP contribution in [0, 0.1) is 12.3 Å². The number of rotatable bonds is 17. The van der Waals surface area contributed by atoms with Crippen LogP contribution in [-0.4, -0.2) is 50.2 Å². The van der Waals surface area contributed by atoms with Crippen molar-refractivity contribution in [3.8, 4) is 12.3 Å². The van der Waals surface area contributed by atoms with Crippen molar-refractivity contribution in [3.05, 3.63) is 71.8 Å². The maximum atomic E-state index is 13.3. The number of amides is 2. The van der Waals surface area contributed by atoms with Crippen LogP contribution in [0.5, 0.6) is 0 Å². The van der Waals surface area contributed by atoms with Gasteiger partial charge in [0.2, 0.25) is 11.8 Å². The number of ether oxygens (including phenoxy) is 2. The van der Waals surface area contributed by atoms with Gasteiger partial charge >= 0.3 is 5.97 Å². The van der Waals surface area contributed by atoms with Crippen molar-refractivity contribution >= 4 is 17.8 Å². The highest BCUT2D eigenvalue weighted by molar-refractivity contribution is 5.91. The van der Waals surface area contributed by atoms with E-state index in [9.17, 15) is 14.4 Å². The maximum Gasteiger partial charge on any atom is 0.328 e. The summed E-state index contributed by atoms with van der Waals surface area (Å²) in [5.74, 6) is 1.30. The van der Waals surface area contributed by atoms with Gasteiger partial charge in [0.05, 0.1) is 7.11 Å². The van der Waals surface area contributed by atoms with Crippen LogP contribution in [0.4, 0.5) is 0 Å². The van der Waals surface area contributed by atoms with Gasteiger partial charge in [-0.05, 0) is 24.0 Å². The van der Waals surface area contributed by atoms with Gasteiger partial charge in [0.15, 0.2) is 0 Å². The van der Waals surface area contributed by atoms with Gasteiger partial charge in [0.25, 0.3) is 0 Å². The summed E-state index contributed by atoms with van der Waals surface area (Å²) in [6.07, 6.45) is 10.7. The van der Waals surface area contributed by atoms with Gasteiger partial charge in [-0.25, -0.2) is 4.79 Å². The predicted molar refractivity (Wildman–Crippen MR) is 144 cm³/mol. The van der Waals surface area contributed by atoms with Gasteiger partial charge < -0.3 is 20.1 Å². The van der Waals surface area contributed by atoms with E-state index in [-0.39, 0.29) is 5.91 Å². The molecule has 0 saturated heterocycles. The molecule has 7 nitrogen and oxygen atoms in total. The zero-order chi connectivity index (χ0) is 26.7. The molecule has 0 aliphatic carbocycles. The lowest BCUT2D eigenvalue weighted by Gasteiger charge is -2.22. The number of methoxy groups -OCH3 is 1.